The van der Waals surface area contributed by atoms with Gasteiger partial charge in [-0.3, -0.25) is 0 Å². The molecule has 0 aliphatic heterocycles. The third-order valence-corrected chi connectivity index (χ3v) is 4.09. The van der Waals surface area contributed by atoms with Crippen LogP contribution in [0.1, 0.15) is 65.7 Å². The van der Waals surface area contributed by atoms with Crippen molar-refractivity contribution in [3.8, 4) is 0 Å². The first kappa shape index (κ1) is 13.0. The van der Waals surface area contributed by atoms with Gasteiger partial charge >= 0.3 is 0 Å². The van der Waals surface area contributed by atoms with Crippen LogP contribution in [-0.2, 0) is 0 Å². The summed E-state index contributed by atoms with van der Waals surface area (Å²) in [5.74, 6) is 2.37. The SMILES string of the molecule is CCCC1CCC(C(C)CC(C)F)CC1. The zero-order valence-electron chi connectivity index (χ0n) is 10.6. The first-order chi connectivity index (χ1) is 7.13. The van der Waals surface area contributed by atoms with Crippen LogP contribution in [0.4, 0.5) is 4.39 Å². The highest BCUT2D eigenvalue weighted by Gasteiger charge is 2.25. The summed E-state index contributed by atoms with van der Waals surface area (Å²) in [6, 6.07) is 0. The smallest absolute Gasteiger partial charge is 0.0976 e. The lowest BCUT2D eigenvalue weighted by Gasteiger charge is -2.32. The molecule has 0 aromatic rings. The van der Waals surface area contributed by atoms with Gasteiger partial charge in [-0.2, -0.15) is 0 Å². The van der Waals surface area contributed by atoms with Crippen LogP contribution < -0.4 is 0 Å². The van der Waals surface area contributed by atoms with Crippen LogP contribution in [0.2, 0.25) is 0 Å². The van der Waals surface area contributed by atoms with Crippen molar-refractivity contribution in [1.29, 1.82) is 0 Å². The first-order valence-electron chi connectivity index (χ1n) is 6.77. The molecule has 0 aromatic heterocycles. The summed E-state index contributed by atoms with van der Waals surface area (Å²) in [7, 11) is 0. The zero-order chi connectivity index (χ0) is 11.3. The second-order valence-corrected chi connectivity index (χ2v) is 5.56. The Labute approximate surface area is 94.6 Å². The van der Waals surface area contributed by atoms with E-state index < -0.39 is 6.17 Å². The fraction of sp³-hybridized carbons (Fsp3) is 1.00. The van der Waals surface area contributed by atoms with Crippen LogP contribution in [0.3, 0.4) is 0 Å². The Kier molecular flexibility index (Phi) is 5.63. The van der Waals surface area contributed by atoms with Crippen molar-refractivity contribution >= 4 is 0 Å². The predicted molar refractivity (Wildman–Crippen MR) is 64.7 cm³/mol. The number of rotatable bonds is 5. The summed E-state index contributed by atoms with van der Waals surface area (Å²) in [4.78, 5) is 0. The molecule has 0 N–H and O–H groups in total. The average Bonchev–Trinajstić information content (AvgIpc) is 2.18. The lowest BCUT2D eigenvalue weighted by Crippen LogP contribution is -2.21. The molecule has 2 atom stereocenters. The van der Waals surface area contributed by atoms with Gasteiger partial charge in [0.05, 0.1) is 6.17 Å². The molecular weight excluding hydrogens is 187 g/mol. The van der Waals surface area contributed by atoms with E-state index in [-0.39, 0.29) is 0 Å². The Hall–Kier alpha value is -0.0700. The fourth-order valence-electron chi connectivity index (χ4n) is 3.16. The number of alkyl halides is 1. The maximum Gasteiger partial charge on any atom is 0.0976 e. The van der Waals surface area contributed by atoms with Crippen molar-refractivity contribution in [2.24, 2.45) is 17.8 Å². The molecule has 0 nitrogen and oxygen atoms in total. The molecule has 1 heteroatoms. The van der Waals surface area contributed by atoms with E-state index in [0.29, 0.717) is 5.92 Å². The maximum atomic E-state index is 12.9. The Bertz CT molecular complexity index is 157. The number of hydrogen-bond acceptors (Lipinski definition) is 0. The van der Waals surface area contributed by atoms with E-state index in [1.54, 1.807) is 6.92 Å². The van der Waals surface area contributed by atoms with Crippen LogP contribution in [0, 0.1) is 17.8 Å². The molecule has 2 unspecified atom stereocenters. The minimum absolute atomic E-state index is 0.590. The van der Waals surface area contributed by atoms with Gasteiger partial charge in [0.1, 0.15) is 0 Å². The van der Waals surface area contributed by atoms with Gasteiger partial charge in [0.2, 0.25) is 0 Å². The standard InChI is InChI=1S/C14H27F/c1-4-5-13-6-8-14(9-7-13)11(2)10-12(3)15/h11-14H,4-10H2,1-3H3. The molecule has 90 valence electrons. The van der Waals surface area contributed by atoms with E-state index in [9.17, 15) is 4.39 Å². The number of hydrogen-bond donors (Lipinski definition) is 0. The topological polar surface area (TPSA) is 0 Å². The molecule has 15 heavy (non-hydrogen) atoms. The Morgan fingerprint density at radius 1 is 1.13 bits per heavy atom. The molecule has 0 aromatic carbocycles. The highest BCUT2D eigenvalue weighted by atomic mass is 19.1. The molecule has 0 saturated heterocycles. The molecule has 1 aliphatic rings. The van der Waals surface area contributed by atoms with Gasteiger partial charge in [0, 0.05) is 0 Å². The molecule has 1 aliphatic carbocycles. The summed E-state index contributed by atoms with van der Waals surface area (Å²) >= 11 is 0. The van der Waals surface area contributed by atoms with Crippen molar-refractivity contribution < 1.29 is 4.39 Å². The average molecular weight is 214 g/mol. The molecule has 0 bridgehead atoms. The second-order valence-electron chi connectivity index (χ2n) is 5.56. The van der Waals surface area contributed by atoms with Crippen molar-refractivity contribution in [3.63, 3.8) is 0 Å². The molecule has 0 spiro atoms. The van der Waals surface area contributed by atoms with Gasteiger partial charge in [-0.1, -0.05) is 39.5 Å². The third-order valence-electron chi connectivity index (χ3n) is 4.09. The van der Waals surface area contributed by atoms with Crippen molar-refractivity contribution in [3.05, 3.63) is 0 Å². The first-order valence-corrected chi connectivity index (χ1v) is 6.77. The second kappa shape index (κ2) is 6.50. The van der Waals surface area contributed by atoms with Gasteiger partial charge in [-0.25, -0.2) is 4.39 Å². The Balaban J connectivity index is 2.24. The maximum absolute atomic E-state index is 12.9. The van der Waals surface area contributed by atoms with Crippen LogP contribution in [0.15, 0.2) is 0 Å². The van der Waals surface area contributed by atoms with Gasteiger partial charge in [-0.15, -0.1) is 0 Å². The summed E-state index contributed by atoms with van der Waals surface area (Å²) in [6.07, 6.45) is 8.36. The van der Waals surface area contributed by atoms with Crippen molar-refractivity contribution in [2.75, 3.05) is 0 Å². The lowest BCUT2D eigenvalue weighted by molar-refractivity contribution is 0.173. The zero-order valence-corrected chi connectivity index (χ0v) is 10.6. The van der Waals surface area contributed by atoms with Crippen LogP contribution in [0.25, 0.3) is 0 Å². The minimum atomic E-state index is -0.617. The van der Waals surface area contributed by atoms with Crippen LogP contribution in [0.5, 0.6) is 0 Å². The highest BCUT2D eigenvalue weighted by molar-refractivity contribution is 4.76. The van der Waals surface area contributed by atoms with Gasteiger partial charge in [0.25, 0.3) is 0 Å². The number of halogens is 1. The Morgan fingerprint density at radius 2 is 1.73 bits per heavy atom. The van der Waals surface area contributed by atoms with E-state index >= 15 is 0 Å². The van der Waals surface area contributed by atoms with E-state index in [4.69, 9.17) is 0 Å². The van der Waals surface area contributed by atoms with E-state index in [2.05, 4.69) is 13.8 Å². The van der Waals surface area contributed by atoms with E-state index in [1.165, 1.54) is 38.5 Å². The Morgan fingerprint density at radius 3 is 2.20 bits per heavy atom. The van der Waals surface area contributed by atoms with E-state index in [1.807, 2.05) is 0 Å². The molecule has 0 heterocycles. The third kappa shape index (κ3) is 4.53. The largest absolute Gasteiger partial charge is 0.248 e. The van der Waals surface area contributed by atoms with Gasteiger partial charge in [-0.05, 0) is 43.9 Å². The van der Waals surface area contributed by atoms with Crippen LogP contribution in [-0.4, -0.2) is 6.17 Å². The van der Waals surface area contributed by atoms with Crippen molar-refractivity contribution in [1.82, 2.24) is 0 Å². The summed E-state index contributed by atoms with van der Waals surface area (Å²) in [5, 5.41) is 0. The predicted octanol–water partition coefficient (Wildman–Crippen LogP) is 4.98. The summed E-state index contributed by atoms with van der Waals surface area (Å²) in [5.41, 5.74) is 0. The molecule has 0 amide bonds. The quantitative estimate of drug-likeness (QED) is 0.605. The van der Waals surface area contributed by atoms with E-state index in [0.717, 1.165) is 18.3 Å². The molecule has 1 fully saturated rings. The lowest BCUT2D eigenvalue weighted by atomic mass is 9.74. The fourth-order valence-corrected chi connectivity index (χ4v) is 3.16. The van der Waals surface area contributed by atoms with Gasteiger partial charge < -0.3 is 0 Å². The van der Waals surface area contributed by atoms with Gasteiger partial charge in [0.15, 0.2) is 0 Å². The normalized spacial score (nSPS) is 31.2. The molecule has 1 rings (SSSR count). The van der Waals surface area contributed by atoms with Crippen LogP contribution >= 0.6 is 0 Å². The molecule has 1 saturated carbocycles. The van der Waals surface area contributed by atoms with Crippen molar-refractivity contribution in [2.45, 2.75) is 71.9 Å². The molecule has 0 radical (unpaired) electrons. The summed E-state index contributed by atoms with van der Waals surface area (Å²) in [6.45, 7) is 6.21. The monoisotopic (exact) mass is 214 g/mol. The molecular formula is C14H27F. The minimum Gasteiger partial charge on any atom is -0.248 e. The highest BCUT2D eigenvalue weighted by Crippen LogP contribution is 2.36. The summed E-state index contributed by atoms with van der Waals surface area (Å²) < 4.78 is 12.9.